The topological polar surface area (TPSA) is 103 Å². The van der Waals surface area contributed by atoms with Gasteiger partial charge in [-0.2, -0.15) is 9.97 Å². The number of aromatic nitrogens is 5. The first-order chi connectivity index (χ1) is 15.5. The Bertz CT molecular complexity index is 1260. The number of rotatable bonds is 8. The van der Waals surface area contributed by atoms with E-state index in [9.17, 15) is 4.39 Å². The Hall–Kier alpha value is -4.19. The lowest BCUT2D eigenvalue weighted by atomic mass is 10.1. The second-order valence-electron chi connectivity index (χ2n) is 7.14. The quantitative estimate of drug-likeness (QED) is 0.322. The molecule has 32 heavy (non-hydrogen) atoms. The summed E-state index contributed by atoms with van der Waals surface area (Å²) in [5.74, 6) is 3.10. The fraction of sp³-hybridized carbons (Fsp3) is 0.217. The van der Waals surface area contributed by atoms with Crippen molar-refractivity contribution in [1.29, 1.82) is 0 Å². The van der Waals surface area contributed by atoms with Crippen molar-refractivity contribution in [3.63, 3.8) is 0 Å². The molecule has 4 rings (SSSR count). The molecule has 0 spiro atoms. The van der Waals surface area contributed by atoms with E-state index in [-0.39, 0.29) is 17.9 Å². The summed E-state index contributed by atoms with van der Waals surface area (Å²) in [6.45, 7) is 2.33. The Morgan fingerprint density at radius 3 is 2.88 bits per heavy atom. The zero-order valence-corrected chi connectivity index (χ0v) is 17.5. The van der Waals surface area contributed by atoms with Crippen LogP contribution in [0, 0.1) is 18.2 Å². The van der Waals surface area contributed by atoms with Gasteiger partial charge in [0.25, 0.3) is 0 Å². The molecule has 0 saturated heterocycles. The Morgan fingerprint density at radius 2 is 2.09 bits per heavy atom. The number of terminal acetylenes is 1. The normalized spacial score (nSPS) is 11.8. The lowest BCUT2D eigenvalue weighted by Gasteiger charge is -2.16. The van der Waals surface area contributed by atoms with Gasteiger partial charge in [0.15, 0.2) is 11.5 Å². The van der Waals surface area contributed by atoms with Gasteiger partial charge in [-0.15, -0.1) is 17.4 Å². The monoisotopic (exact) mass is 431 g/mol. The highest BCUT2D eigenvalue weighted by Crippen LogP contribution is 2.31. The van der Waals surface area contributed by atoms with Gasteiger partial charge in [-0.1, -0.05) is 12.1 Å². The Balaban J connectivity index is 1.70. The van der Waals surface area contributed by atoms with Crippen molar-refractivity contribution in [2.45, 2.75) is 25.8 Å². The highest BCUT2D eigenvalue weighted by Gasteiger charge is 2.18. The van der Waals surface area contributed by atoms with Gasteiger partial charge in [0.2, 0.25) is 0 Å². The maximum absolute atomic E-state index is 13.3. The number of nitrogen functional groups attached to an aromatic ring is 1. The van der Waals surface area contributed by atoms with Crippen LogP contribution in [0.25, 0.3) is 16.9 Å². The highest BCUT2D eigenvalue weighted by atomic mass is 19.1. The number of ether oxygens (including phenoxy) is 1. The fourth-order valence-corrected chi connectivity index (χ4v) is 3.24. The third kappa shape index (κ3) is 4.59. The van der Waals surface area contributed by atoms with Crippen LogP contribution < -0.4 is 15.8 Å². The molecule has 4 aromatic rings. The number of hydrogen-bond donors (Lipinski definition) is 2. The number of halogens is 1. The van der Waals surface area contributed by atoms with Crippen LogP contribution in [0.1, 0.15) is 31.4 Å². The summed E-state index contributed by atoms with van der Waals surface area (Å²) in [6.07, 6.45) is 10.0. The number of anilines is 2. The molecular weight excluding hydrogens is 409 g/mol. The molecule has 0 amide bonds. The predicted molar refractivity (Wildman–Crippen MR) is 120 cm³/mol. The van der Waals surface area contributed by atoms with Crippen molar-refractivity contribution in [2.75, 3.05) is 17.7 Å². The largest absolute Gasteiger partial charge is 0.463 e. The van der Waals surface area contributed by atoms with Gasteiger partial charge in [-0.05, 0) is 37.1 Å². The van der Waals surface area contributed by atoms with Gasteiger partial charge in [0.05, 0.1) is 17.9 Å². The third-order valence-corrected chi connectivity index (χ3v) is 4.82. The molecule has 0 aliphatic carbocycles. The summed E-state index contributed by atoms with van der Waals surface area (Å²) in [7, 11) is 0. The van der Waals surface area contributed by atoms with Gasteiger partial charge < -0.3 is 15.8 Å². The van der Waals surface area contributed by atoms with Gasteiger partial charge >= 0.3 is 6.01 Å². The van der Waals surface area contributed by atoms with Crippen molar-refractivity contribution in [1.82, 2.24) is 24.6 Å². The number of fused-ring (bicyclic) bond motifs is 1. The standard InChI is InChI=1S/C23H22FN7O/c1-3-4-5-13-32-23-28-18(20-21(25)30-31-12-6-11-26-22(20)31)14-19(29-23)27-15(2)16-7-9-17(24)10-8-16/h1,6-12,14-15H,4-5,13H2,2H3,(H2,25,30)(H,27,28,29)/t15-/m0/s1. The van der Waals surface area contributed by atoms with E-state index >= 15 is 0 Å². The van der Waals surface area contributed by atoms with Gasteiger partial charge in [0, 0.05) is 30.9 Å². The molecule has 8 nitrogen and oxygen atoms in total. The summed E-state index contributed by atoms with van der Waals surface area (Å²) in [4.78, 5) is 13.4. The molecule has 0 fully saturated rings. The van der Waals surface area contributed by atoms with E-state index in [4.69, 9.17) is 16.9 Å². The van der Waals surface area contributed by atoms with E-state index in [1.807, 2.05) is 6.92 Å². The van der Waals surface area contributed by atoms with Gasteiger partial charge in [-0.3, -0.25) is 0 Å². The minimum atomic E-state index is -0.288. The molecule has 0 saturated carbocycles. The molecule has 0 bridgehead atoms. The second kappa shape index (κ2) is 9.31. The van der Waals surface area contributed by atoms with Crippen LogP contribution >= 0.6 is 0 Å². The molecule has 162 valence electrons. The zero-order chi connectivity index (χ0) is 22.5. The molecule has 1 atom stereocenters. The highest BCUT2D eigenvalue weighted by molar-refractivity contribution is 5.85. The predicted octanol–water partition coefficient (Wildman–Crippen LogP) is 3.87. The number of benzene rings is 1. The number of nitrogens with one attached hydrogen (secondary N) is 1. The van der Waals surface area contributed by atoms with Crippen molar-refractivity contribution < 1.29 is 9.13 Å². The Morgan fingerprint density at radius 1 is 1.28 bits per heavy atom. The first kappa shape index (κ1) is 21.1. The van der Waals surface area contributed by atoms with Crippen molar-refractivity contribution in [3.05, 3.63) is 60.2 Å². The molecule has 0 unspecified atom stereocenters. The fourth-order valence-electron chi connectivity index (χ4n) is 3.24. The van der Waals surface area contributed by atoms with Crippen LogP contribution in [0.2, 0.25) is 0 Å². The smallest absolute Gasteiger partial charge is 0.318 e. The average Bonchev–Trinajstić information content (AvgIpc) is 3.12. The van der Waals surface area contributed by atoms with Crippen LogP contribution in [-0.2, 0) is 0 Å². The van der Waals surface area contributed by atoms with Crippen LogP contribution in [0.5, 0.6) is 6.01 Å². The van der Waals surface area contributed by atoms with E-state index in [1.165, 1.54) is 12.1 Å². The molecule has 0 aliphatic rings. The van der Waals surface area contributed by atoms with E-state index in [0.29, 0.717) is 48.0 Å². The summed E-state index contributed by atoms with van der Waals surface area (Å²) < 4.78 is 20.6. The SMILES string of the molecule is C#CCCCOc1nc(N[C@@H](C)c2ccc(F)cc2)cc(-c2c(N)nn3cccnc23)n1. The van der Waals surface area contributed by atoms with E-state index in [2.05, 4.69) is 31.3 Å². The number of unbranched alkanes of at least 4 members (excludes halogenated alkanes) is 1. The molecular formula is C23H22FN7O. The maximum atomic E-state index is 13.3. The number of hydrogen-bond acceptors (Lipinski definition) is 7. The van der Waals surface area contributed by atoms with Crippen LogP contribution in [-0.4, -0.2) is 31.2 Å². The third-order valence-electron chi connectivity index (χ3n) is 4.82. The van der Waals surface area contributed by atoms with Crippen LogP contribution in [0.15, 0.2) is 48.8 Å². The minimum absolute atomic E-state index is 0.146. The molecule has 1 aromatic carbocycles. The summed E-state index contributed by atoms with van der Waals surface area (Å²) in [5, 5.41) is 7.62. The first-order valence-corrected chi connectivity index (χ1v) is 10.1. The maximum Gasteiger partial charge on any atom is 0.318 e. The molecule has 0 radical (unpaired) electrons. The van der Waals surface area contributed by atoms with Crippen molar-refractivity contribution in [3.8, 4) is 29.6 Å². The Labute approximate surface area is 184 Å². The van der Waals surface area contributed by atoms with E-state index < -0.39 is 0 Å². The first-order valence-electron chi connectivity index (χ1n) is 10.1. The van der Waals surface area contributed by atoms with Crippen molar-refractivity contribution in [2.24, 2.45) is 0 Å². The van der Waals surface area contributed by atoms with E-state index in [1.54, 1.807) is 41.2 Å². The summed E-state index contributed by atoms with van der Waals surface area (Å²) >= 11 is 0. The number of nitrogens with zero attached hydrogens (tertiary/aromatic N) is 5. The van der Waals surface area contributed by atoms with E-state index in [0.717, 1.165) is 5.56 Å². The lowest BCUT2D eigenvalue weighted by molar-refractivity contribution is 0.289. The summed E-state index contributed by atoms with van der Waals surface area (Å²) in [6, 6.07) is 9.85. The molecule has 3 heterocycles. The Kier molecular flexibility index (Phi) is 6.12. The molecule has 3 N–H and O–H groups in total. The van der Waals surface area contributed by atoms with Gasteiger partial charge in [0.1, 0.15) is 11.6 Å². The van der Waals surface area contributed by atoms with Crippen LogP contribution in [0.4, 0.5) is 16.0 Å². The average molecular weight is 431 g/mol. The minimum Gasteiger partial charge on any atom is -0.463 e. The zero-order valence-electron chi connectivity index (χ0n) is 17.5. The molecule has 3 aromatic heterocycles. The summed E-state index contributed by atoms with van der Waals surface area (Å²) in [5.41, 5.74) is 8.76. The molecule has 0 aliphatic heterocycles. The number of nitrogens with two attached hydrogens (primary N) is 1. The molecule has 9 heteroatoms. The van der Waals surface area contributed by atoms with Crippen LogP contribution in [0.3, 0.4) is 0 Å². The van der Waals surface area contributed by atoms with Crippen molar-refractivity contribution >= 4 is 17.3 Å². The lowest BCUT2D eigenvalue weighted by Crippen LogP contribution is -2.10. The van der Waals surface area contributed by atoms with Gasteiger partial charge in [-0.25, -0.2) is 13.9 Å². The second-order valence-corrected chi connectivity index (χ2v) is 7.14.